The summed E-state index contributed by atoms with van der Waals surface area (Å²) in [7, 11) is 1.64. The Morgan fingerprint density at radius 2 is 1.70 bits per heavy atom. The van der Waals surface area contributed by atoms with Gasteiger partial charge in [-0.05, 0) is 73.2 Å². The minimum atomic E-state index is -0.322. The van der Waals surface area contributed by atoms with Crippen molar-refractivity contribution in [3.8, 4) is 11.5 Å². The van der Waals surface area contributed by atoms with Crippen LogP contribution < -0.4 is 30.1 Å². The molecule has 0 spiro atoms. The molecule has 4 aliphatic rings. The maximum atomic E-state index is 13.7. The van der Waals surface area contributed by atoms with E-state index < -0.39 is 0 Å². The number of piperazine rings is 1. The number of nitrogens with zero attached hydrogens (tertiary/aromatic N) is 6. The molecule has 1 atom stereocenters. The predicted molar refractivity (Wildman–Crippen MR) is 217 cm³/mol. The summed E-state index contributed by atoms with van der Waals surface area (Å²) in [6, 6.07) is 18.8. The first-order valence-corrected chi connectivity index (χ1v) is 19.8. The number of nitrogens with one attached hydrogen (secondary N) is 2. The van der Waals surface area contributed by atoms with Crippen LogP contribution in [0.4, 0.5) is 33.1 Å². The van der Waals surface area contributed by atoms with Gasteiger partial charge in [0.05, 0.1) is 41.8 Å². The summed E-state index contributed by atoms with van der Waals surface area (Å²) >= 11 is 6.51. The number of hydrogen-bond acceptors (Lipinski definition) is 11. The van der Waals surface area contributed by atoms with E-state index in [0.29, 0.717) is 64.2 Å². The van der Waals surface area contributed by atoms with Crippen molar-refractivity contribution >= 4 is 46.2 Å². The number of ether oxygens (including phenoxy) is 2. The first kappa shape index (κ1) is 37.9. The number of amides is 1. The molecule has 294 valence electrons. The third kappa shape index (κ3) is 8.71. The van der Waals surface area contributed by atoms with Crippen LogP contribution in [0.15, 0.2) is 79.6 Å². The van der Waals surface area contributed by atoms with Crippen LogP contribution in [-0.2, 0) is 16.2 Å². The van der Waals surface area contributed by atoms with Crippen molar-refractivity contribution in [1.29, 1.82) is 0 Å². The lowest BCUT2D eigenvalue weighted by Gasteiger charge is -2.43. The molecule has 2 N–H and O–H groups in total. The molecular formula is C42H48ClFN8O4. The summed E-state index contributed by atoms with van der Waals surface area (Å²) in [5, 5.41) is 8.64. The Hall–Kier alpha value is -4.95. The number of rotatable bonds is 13. The molecule has 0 bridgehead atoms. The Bertz CT molecular complexity index is 2040. The molecule has 1 amide bonds. The number of carbonyl (C=O) groups excluding carboxylic acids is 1. The van der Waals surface area contributed by atoms with E-state index in [2.05, 4.69) is 41.9 Å². The van der Waals surface area contributed by atoms with Gasteiger partial charge in [0.25, 0.3) is 0 Å². The van der Waals surface area contributed by atoms with Crippen molar-refractivity contribution in [2.24, 2.45) is 0 Å². The van der Waals surface area contributed by atoms with E-state index in [1.165, 1.54) is 50.5 Å². The van der Waals surface area contributed by atoms with Crippen molar-refractivity contribution < 1.29 is 23.5 Å². The lowest BCUT2D eigenvalue weighted by atomic mass is 10.0. The predicted octanol–water partition coefficient (Wildman–Crippen LogP) is 7.36. The zero-order valence-corrected chi connectivity index (χ0v) is 32.4. The molecular weight excluding hydrogens is 735 g/mol. The van der Waals surface area contributed by atoms with Gasteiger partial charge in [-0.15, -0.1) is 0 Å². The van der Waals surface area contributed by atoms with E-state index in [1.54, 1.807) is 36.4 Å². The minimum Gasteiger partial charge on any atom is -0.494 e. The highest BCUT2D eigenvalue weighted by atomic mass is 35.5. The van der Waals surface area contributed by atoms with Gasteiger partial charge in [0.15, 0.2) is 5.82 Å². The number of anilines is 5. The summed E-state index contributed by atoms with van der Waals surface area (Å²) < 4.78 is 25.7. The number of piperidine rings is 1. The lowest BCUT2D eigenvalue weighted by Crippen LogP contribution is -2.53. The fourth-order valence-corrected chi connectivity index (χ4v) is 8.23. The van der Waals surface area contributed by atoms with Gasteiger partial charge in [0.1, 0.15) is 36.1 Å². The van der Waals surface area contributed by atoms with Crippen LogP contribution in [0.1, 0.15) is 49.3 Å². The van der Waals surface area contributed by atoms with Gasteiger partial charge in [-0.1, -0.05) is 36.4 Å². The minimum absolute atomic E-state index is 0.173. The Morgan fingerprint density at radius 3 is 2.41 bits per heavy atom. The summed E-state index contributed by atoms with van der Waals surface area (Å²) in [4.78, 5) is 35.5. The zero-order valence-electron chi connectivity index (χ0n) is 31.6. The molecule has 3 aliphatic heterocycles. The van der Waals surface area contributed by atoms with Gasteiger partial charge in [-0.3, -0.25) is 19.4 Å². The van der Waals surface area contributed by atoms with Gasteiger partial charge >= 0.3 is 0 Å². The number of hydrogen-bond donors (Lipinski definition) is 2. The number of halogens is 2. The summed E-state index contributed by atoms with van der Waals surface area (Å²) in [6.45, 7) is 10.7. The zero-order chi connectivity index (χ0) is 38.6. The largest absolute Gasteiger partial charge is 0.494 e. The topological polar surface area (TPSA) is 108 Å². The number of aromatic nitrogens is 2. The normalized spacial score (nSPS) is 19.5. The van der Waals surface area contributed by atoms with Crippen molar-refractivity contribution in [2.45, 2.75) is 56.8 Å². The van der Waals surface area contributed by atoms with Crippen LogP contribution in [0.2, 0.25) is 5.02 Å². The second-order valence-corrected chi connectivity index (χ2v) is 15.1. The number of methoxy groups -OCH3 is 1. The molecule has 1 unspecified atom stereocenters. The first-order valence-electron chi connectivity index (χ1n) is 19.4. The molecule has 1 aliphatic carbocycles. The van der Waals surface area contributed by atoms with E-state index in [4.69, 9.17) is 25.9 Å². The highest BCUT2D eigenvalue weighted by Gasteiger charge is 2.34. The Balaban J connectivity index is 0.972. The standard InChI is InChI=1S/C42H48ClFN8O4/c1-3-42(53)48-34-23-35(39(54-2)24-37(34)51-14-11-32(12-15-51)50-18-16-49(17-19-50)31-8-9-31)47-40-25-41(46-27-45-40)52-36(13-20-56-52)29-7-10-33(43)38(22-29)55-26-28-5-4-6-30(44)21-28/h3-7,10,21-25,27,31-32,36H,1,8-9,11-20,26H2,2H3,(H,48,53)(H,45,46,47). The molecule has 12 nitrogen and oxygen atoms in total. The van der Waals surface area contributed by atoms with Gasteiger partial charge in [0, 0.05) is 69.9 Å². The first-order chi connectivity index (χ1) is 27.3. The molecule has 8 rings (SSSR count). The smallest absolute Gasteiger partial charge is 0.247 e. The highest BCUT2D eigenvalue weighted by molar-refractivity contribution is 6.32. The van der Waals surface area contributed by atoms with Crippen LogP contribution in [-0.4, -0.2) is 90.7 Å². The molecule has 1 saturated carbocycles. The fraction of sp³-hybridized carbons (Fsp3) is 0.405. The van der Waals surface area contributed by atoms with Crippen LogP contribution in [0, 0.1) is 5.82 Å². The van der Waals surface area contributed by atoms with E-state index in [-0.39, 0.29) is 24.4 Å². The average Bonchev–Trinajstić information content (AvgIpc) is 3.96. The highest BCUT2D eigenvalue weighted by Crippen LogP contribution is 2.41. The van der Waals surface area contributed by atoms with E-state index in [9.17, 15) is 9.18 Å². The molecule has 3 aromatic carbocycles. The number of benzene rings is 3. The van der Waals surface area contributed by atoms with Crippen LogP contribution >= 0.6 is 11.6 Å². The van der Waals surface area contributed by atoms with E-state index in [0.717, 1.165) is 56.3 Å². The molecule has 14 heteroatoms. The van der Waals surface area contributed by atoms with Crippen LogP contribution in [0.25, 0.3) is 0 Å². The Kier molecular flexibility index (Phi) is 11.6. The third-order valence-electron chi connectivity index (χ3n) is 11.2. The van der Waals surface area contributed by atoms with Crippen LogP contribution in [0.3, 0.4) is 0 Å². The second-order valence-electron chi connectivity index (χ2n) is 14.7. The lowest BCUT2D eigenvalue weighted by molar-refractivity contribution is -0.111. The van der Waals surface area contributed by atoms with Crippen molar-refractivity contribution in [3.63, 3.8) is 0 Å². The van der Waals surface area contributed by atoms with Crippen molar-refractivity contribution in [1.82, 2.24) is 19.8 Å². The molecule has 4 fully saturated rings. The fourth-order valence-electron chi connectivity index (χ4n) is 8.06. The summed E-state index contributed by atoms with van der Waals surface area (Å²) in [5.41, 5.74) is 3.81. The number of hydroxylamine groups is 1. The maximum absolute atomic E-state index is 13.7. The molecule has 56 heavy (non-hydrogen) atoms. The Labute approximate surface area is 332 Å². The molecule has 3 saturated heterocycles. The van der Waals surface area contributed by atoms with Gasteiger partial charge in [-0.2, -0.15) is 0 Å². The molecule has 4 aromatic rings. The Morgan fingerprint density at radius 1 is 0.929 bits per heavy atom. The van der Waals surface area contributed by atoms with Gasteiger partial charge in [0.2, 0.25) is 5.91 Å². The summed E-state index contributed by atoms with van der Waals surface area (Å²) in [6.07, 6.45) is 8.29. The molecule has 0 radical (unpaired) electrons. The SMILES string of the molecule is C=CC(=O)Nc1cc(Nc2cc(N3OCCC3c3ccc(Cl)c(OCc4cccc(F)c4)c3)ncn2)c(OC)cc1N1CCC(N2CCN(C3CC3)CC2)CC1. The average molecular weight is 783 g/mol. The van der Waals surface area contributed by atoms with Gasteiger partial charge < -0.3 is 25.0 Å². The molecule has 4 heterocycles. The van der Waals surface area contributed by atoms with E-state index in [1.807, 2.05) is 24.3 Å². The maximum Gasteiger partial charge on any atom is 0.247 e. The quantitative estimate of drug-likeness (QED) is 0.133. The van der Waals surface area contributed by atoms with Crippen LogP contribution in [0.5, 0.6) is 11.5 Å². The monoisotopic (exact) mass is 782 g/mol. The number of carbonyl (C=O) groups is 1. The molecule has 1 aromatic heterocycles. The van der Waals surface area contributed by atoms with Gasteiger partial charge in [-0.25, -0.2) is 19.4 Å². The third-order valence-corrected chi connectivity index (χ3v) is 11.5. The van der Waals surface area contributed by atoms with E-state index >= 15 is 0 Å². The summed E-state index contributed by atoms with van der Waals surface area (Å²) in [5.74, 6) is 1.54. The van der Waals surface area contributed by atoms with Crippen molar-refractivity contribution in [2.75, 3.05) is 73.6 Å². The van der Waals surface area contributed by atoms with Crippen molar-refractivity contribution in [3.05, 3.63) is 102 Å². The second kappa shape index (κ2) is 17.0.